The second-order valence-corrected chi connectivity index (χ2v) is 9.32. The normalized spacial score (nSPS) is 11.4. The maximum Gasteiger partial charge on any atom is 2.00 e. The number of ether oxygens (including phenoxy) is 1. The molecule has 0 amide bonds. The molecule has 39 heavy (non-hydrogen) atoms. The molecule has 4 nitrogen and oxygen atoms in total. The van der Waals surface area contributed by atoms with E-state index in [-0.39, 0.29) is 21.1 Å². The van der Waals surface area contributed by atoms with Gasteiger partial charge in [0.15, 0.2) is 0 Å². The summed E-state index contributed by atoms with van der Waals surface area (Å²) in [5, 5.41) is 7.66. The monoisotopic (exact) mass is 680 g/mol. The number of benzene rings is 5. The van der Waals surface area contributed by atoms with Crippen LogP contribution in [-0.2, 0) is 21.1 Å². The minimum absolute atomic E-state index is 0. The number of hydrogen-bond donors (Lipinski definition) is 0. The number of aromatic nitrogens is 3. The van der Waals surface area contributed by atoms with E-state index in [0.29, 0.717) is 11.5 Å². The molecule has 0 N–H and O–H groups in total. The van der Waals surface area contributed by atoms with Gasteiger partial charge in [0.1, 0.15) is 5.82 Å². The van der Waals surface area contributed by atoms with Crippen LogP contribution in [0.15, 0.2) is 116 Å². The molecule has 0 aliphatic rings. The van der Waals surface area contributed by atoms with Crippen molar-refractivity contribution >= 4 is 54.3 Å². The van der Waals surface area contributed by atoms with E-state index < -0.39 is 0 Å². The average molecular weight is 681 g/mol. The molecular formula is C34H19N3OPt. The van der Waals surface area contributed by atoms with Crippen LogP contribution in [0.1, 0.15) is 0 Å². The molecule has 8 rings (SSSR count). The maximum absolute atomic E-state index is 6.38. The molecule has 0 aliphatic carbocycles. The van der Waals surface area contributed by atoms with Gasteiger partial charge in [0.2, 0.25) is 0 Å². The van der Waals surface area contributed by atoms with Crippen LogP contribution in [0.4, 0.5) is 0 Å². The first-order chi connectivity index (χ1) is 18.8. The van der Waals surface area contributed by atoms with Crippen molar-refractivity contribution in [2.75, 3.05) is 0 Å². The van der Waals surface area contributed by atoms with E-state index in [9.17, 15) is 0 Å². The van der Waals surface area contributed by atoms with Crippen molar-refractivity contribution in [1.29, 1.82) is 0 Å². The summed E-state index contributed by atoms with van der Waals surface area (Å²) in [6.45, 7) is 0. The van der Waals surface area contributed by atoms with Gasteiger partial charge in [-0.3, -0.25) is 4.98 Å². The van der Waals surface area contributed by atoms with E-state index in [2.05, 4.69) is 82.3 Å². The third kappa shape index (κ3) is 3.79. The fraction of sp³-hybridized carbons (Fsp3) is 0. The molecule has 0 spiro atoms. The summed E-state index contributed by atoms with van der Waals surface area (Å²) in [6, 6.07) is 42.0. The summed E-state index contributed by atoms with van der Waals surface area (Å²) in [5.41, 5.74) is 2.97. The minimum atomic E-state index is 0. The van der Waals surface area contributed by atoms with Gasteiger partial charge in [-0.1, -0.05) is 77.0 Å². The van der Waals surface area contributed by atoms with Crippen molar-refractivity contribution in [1.82, 2.24) is 14.5 Å². The van der Waals surface area contributed by atoms with Crippen LogP contribution >= 0.6 is 0 Å². The standard InChI is InChI=1S/C34H19N3O.Pt/c1-2-8-30-27(7-1)28-17-16-26(21-31(28)37(30)32-9-3-4-18-35-32)38-25-15-14-22-10-11-23-12-13-24-6-5-19-36-34(24)33(23)29(22)20-25;/h1-19H;/q-2;+2. The molecule has 3 aromatic heterocycles. The topological polar surface area (TPSA) is 39.9 Å². The van der Waals surface area contributed by atoms with Gasteiger partial charge in [0.25, 0.3) is 0 Å². The molecule has 0 fully saturated rings. The molecular weight excluding hydrogens is 661 g/mol. The smallest absolute Gasteiger partial charge is 0.503 e. The fourth-order valence-electron chi connectivity index (χ4n) is 5.41. The number of hydrogen-bond acceptors (Lipinski definition) is 3. The van der Waals surface area contributed by atoms with E-state index in [1.54, 1.807) is 0 Å². The van der Waals surface area contributed by atoms with Crippen LogP contribution in [-0.4, -0.2) is 14.5 Å². The molecule has 0 bridgehead atoms. The van der Waals surface area contributed by atoms with E-state index in [1.807, 2.05) is 54.9 Å². The molecule has 0 radical (unpaired) electrons. The Morgan fingerprint density at radius 2 is 1.33 bits per heavy atom. The summed E-state index contributed by atoms with van der Waals surface area (Å²) in [5.74, 6) is 2.10. The van der Waals surface area contributed by atoms with Crippen LogP contribution in [0.25, 0.3) is 60.1 Å². The zero-order valence-electron chi connectivity index (χ0n) is 20.5. The van der Waals surface area contributed by atoms with Gasteiger partial charge in [0, 0.05) is 34.9 Å². The fourth-order valence-corrected chi connectivity index (χ4v) is 5.41. The number of fused-ring (bicyclic) bond motifs is 8. The Morgan fingerprint density at radius 3 is 2.23 bits per heavy atom. The van der Waals surface area contributed by atoms with Crippen molar-refractivity contribution < 1.29 is 25.8 Å². The first kappa shape index (κ1) is 23.6. The van der Waals surface area contributed by atoms with Crippen LogP contribution < -0.4 is 4.74 Å². The van der Waals surface area contributed by atoms with Crippen molar-refractivity contribution in [3.05, 3.63) is 128 Å². The Bertz CT molecular complexity index is 2160. The van der Waals surface area contributed by atoms with E-state index in [0.717, 1.165) is 60.1 Å². The van der Waals surface area contributed by atoms with Gasteiger partial charge in [0.05, 0.1) is 0 Å². The zero-order chi connectivity index (χ0) is 25.1. The van der Waals surface area contributed by atoms with E-state index in [1.165, 1.54) is 0 Å². The molecule has 0 saturated heterocycles. The van der Waals surface area contributed by atoms with Gasteiger partial charge < -0.3 is 9.30 Å². The van der Waals surface area contributed by atoms with Gasteiger partial charge in [-0.2, -0.15) is 6.07 Å². The zero-order valence-corrected chi connectivity index (χ0v) is 22.8. The molecule has 0 unspecified atom stereocenters. The molecule has 0 atom stereocenters. The minimum Gasteiger partial charge on any atom is -0.503 e. The van der Waals surface area contributed by atoms with Crippen LogP contribution in [0.2, 0.25) is 0 Å². The van der Waals surface area contributed by atoms with Gasteiger partial charge >= 0.3 is 21.1 Å². The second-order valence-electron chi connectivity index (χ2n) is 9.32. The summed E-state index contributed by atoms with van der Waals surface area (Å²) in [6.07, 6.45) is 3.65. The summed E-state index contributed by atoms with van der Waals surface area (Å²) in [4.78, 5) is 9.30. The molecule has 8 aromatic rings. The van der Waals surface area contributed by atoms with Crippen molar-refractivity contribution in [3.63, 3.8) is 0 Å². The summed E-state index contributed by atoms with van der Waals surface area (Å²) < 4.78 is 8.51. The Kier molecular flexibility index (Phi) is 5.64. The van der Waals surface area contributed by atoms with Crippen molar-refractivity contribution in [3.8, 4) is 17.3 Å². The SMILES string of the molecule is [Pt+2].[c-]1c(Oc2[c-]c3c(cc2)c2ccccc2n3-c2ccccn2)ccc2ccc3ccc4cccnc4c3c12. The molecule has 5 heteroatoms. The molecule has 186 valence electrons. The Morgan fingerprint density at radius 1 is 0.590 bits per heavy atom. The van der Waals surface area contributed by atoms with Crippen molar-refractivity contribution in [2.45, 2.75) is 0 Å². The number of rotatable bonds is 3. The summed E-state index contributed by atoms with van der Waals surface area (Å²) in [7, 11) is 0. The Hall–Kier alpha value is -4.53. The third-order valence-corrected chi connectivity index (χ3v) is 7.11. The Balaban J connectivity index is 0.00000253. The van der Waals surface area contributed by atoms with Crippen molar-refractivity contribution in [2.24, 2.45) is 0 Å². The number of para-hydroxylation sites is 1. The first-order valence-electron chi connectivity index (χ1n) is 12.5. The van der Waals surface area contributed by atoms with Crippen LogP contribution in [0.5, 0.6) is 11.5 Å². The van der Waals surface area contributed by atoms with Gasteiger partial charge in [-0.15, -0.1) is 40.4 Å². The first-order valence-corrected chi connectivity index (χ1v) is 12.5. The summed E-state index contributed by atoms with van der Waals surface area (Å²) >= 11 is 0. The maximum atomic E-state index is 6.38. The quantitative estimate of drug-likeness (QED) is 0.139. The molecule has 5 aromatic carbocycles. The number of pyridine rings is 2. The molecule has 3 heterocycles. The van der Waals surface area contributed by atoms with Gasteiger partial charge in [-0.25, -0.2) is 4.98 Å². The largest absolute Gasteiger partial charge is 2.00 e. The number of nitrogens with zero attached hydrogens (tertiary/aromatic N) is 3. The third-order valence-electron chi connectivity index (χ3n) is 7.11. The molecule has 0 saturated carbocycles. The molecule has 0 aliphatic heterocycles. The second kappa shape index (κ2) is 9.34. The predicted octanol–water partition coefficient (Wildman–Crippen LogP) is 8.42. The van der Waals surface area contributed by atoms with E-state index >= 15 is 0 Å². The Labute approximate surface area is 238 Å². The average Bonchev–Trinajstić information content (AvgIpc) is 3.31. The van der Waals surface area contributed by atoms with Crippen LogP contribution in [0, 0.1) is 12.1 Å². The predicted molar refractivity (Wildman–Crippen MR) is 153 cm³/mol. The van der Waals surface area contributed by atoms with Crippen LogP contribution in [0.3, 0.4) is 0 Å². The van der Waals surface area contributed by atoms with Gasteiger partial charge in [-0.05, 0) is 35.0 Å². The van der Waals surface area contributed by atoms with E-state index in [4.69, 9.17) is 9.72 Å².